The third-order valence-corrected chi connectivity index (χ3v) is 3.03. The summed E-state index contributed by atoms with van der Waals surface area (Å²) >= 11 is 3.43. The van der Waals surface area contributed by atoms with Gasteiger partial charge < -0.3 is 14.2 Å². The van der Waals surface area contributed by atoms with Crippen molar-refractivity contribution >= 4 is 15.9 Å². The standard InChI is InChI=1S/C13H19BrO3/c1-15-7-3-4-8-17-13-9-11(10-14)5-6-12(13)16-2/h5-6,9H,3-4,7-8,10H2,1-2H3. The number of ether oxygens (including phenoxy) is 3. The molecule has 0 fully saturated rings. The van der Waals surface area contributed by atoms with Crippen LogP contribution in [0.1, 0.15) is 18.4 Å². The largest absolute Gasteiger partial charge is 0.493 e. The van der Waals surface area contributed by atoms with Gasteiger partial charge >= 0.3 is 0 Å². The van der Waals surface area contributed by atoms with Crippen molar-refractivity contribution in [3.63, 3.8) is 0 Å². The number of alkyl halides is 1. The minimum atomic E-state index is 0.686. The average Bonchev–Trinajstić information content (AvgIpc) is 2.38. The number of halogens is 1. The first kappa shape index (κ1) is 14.3. The lowest BCUT2D eigenvalue weighted by atomic mass is 10.2. The fraction of sp³-hybridized carbons (Fsp3) is 0.538. The second-order valence-corrected chi connectivity index (χ2v) is 4.23. The summed E-state index contributed by atoms with van der Waals surface area (Å²) in [5, 5.41) is 0.816. The summed E-state index contributed by atoms with van der Waals surface area (Å²) in [4.78, 5) is 0. The van der Waals surface area contributed by atoms with E-state index in [0.29, 0.717) is 6.61 Å². The lowest BCUT2D eigenvalue weighted by Crippen LogP contribution is -2.01. The van der Waals surface area contributed by atoms with Crippen LogP contribution in [0.4, 0.5) is 0 Å². The Hall–Kier alpha value is -0.740. The molecule has 1 rings (SSSR count). The fourth-order valence-electron chi connectivity index (χ4n) is 1.45. The van der Waals surface area contributed by atoms with Gasteiger partial charge in [-0.2, -0.15) is 0 Å². The van der Waals surface area contributed by atoms with Gasteiger partial charge in [0, 0.05) is 19.0 Å². The summed E-state index contributed by atoms with van der Waals surface area (Å²) in [6, 6.07) is 5.95. The molecule has 0 spiro atoms. The molecule has 0 aliphatic carbocycles. The Labute approximate surface area is 111 Å². The summed E-state index contributed by atoms with van der Waals surface area (Å²) < 4.78 is 16.0. The Morgan fingerprint density at radius 1 is 1.06 bits per heavy atom. The highest BCUT2D eigenvalue weighted by Gasteiger charge is 2.05. The van der Waals surface area contributed by atoms with Crippen LogP contribution in [0.5, 0.6) is 11.5 Å². The van der Waals surface area contributed by atoms with Crippen LogP contribution in [0.3, 0.4) is 0 Å². The minimum Gasteiger partial charge on any atom is -0.493 e. The molecule has 0 aromatic heterocycles. The van der Waals surface area contributed by atoms with Crippen LogP contribution in [0.25, 0.3) is 0 Å². The first-order valence-corrected chi connectivity index (χ1v) is 6.78. The van der Waals surface area contributed by atoms with Gasteiger partial charge in [-0.25, -0.2) is 0 Å². The van der Waals surface area contributed by atoms with E-state index in [1.807, 2.05) is 18.2 Å². The molecule has 0 atom stereocenters. The van der Waals surface area contributed by atoms with Crippen molar-refractivity contribution in [3.8, 4) is 11.5 Å². The Morgan fingerprint density at radius 3 is 2.47 bits per heavy atom. The van der Waals surface area contributed by atoms with Crippen molar-refractivity contribution in [1.29, 1.82) is 0 Å². The maximum Gasteiger partial charge on any atom is 0.161 e. The predicted molar refractivity (Wildman–Crippen MR) is 72.2 cm³/mol. The van der Waals surface area contributed by atoms with Crippen molar-refractivity contribution < 1.29 is 14.2 Å². The van der Waals surface area contributed by atoms with E-state index < -0.39 is 0 Å². The lowest BCUT2D eigenvalue weighted by Gasteiger charge is -2.11. The molecule has 4 heteroatoms. The first-order valence-electron chi connectivity index (χ1n) is 5.66. The third kappa shape index (κ3) is 4.96. The number of hydrogen-bond donors (Lipinski definition) is 0. The Kier molecular flexibility index (Phi) is 7.05. The number of unbranched alkanes of at least 4 members (excludes halogenated alkanes) is 1. The molecule has 96 valence electrons. The van der Waals surface area contributed by atoms with Gasteiger partial charge in [-0.05, 0) is 30.5 Å². The number of rotatable bonds is 8. The maximum absolute atomic E-state index is 5.72. The lowest BCUT2D eigenvalue weighted by molar-refractivity contribution is 0.183. The molecule has 0 saturated heterocycles. The van der Waals surface area contributed by atoms with Crippen LogP contribution in [-0.4, -0.2) is 27.4 Å². The molecule has 0 bridgehead atoms. The summed E-state index contributed by atoms with van der Waals surface area (Å²) in [5.41, 5.74) is 1.18. The second-order valence-electron chi connectivity index (χ2n) is 3.67. The van der Waals surface area contributed by atoms with Crippen LogP contribution in [0.2, 0.25) is 0 Å². The van der Waals surface area contributed by atoms with Gasteiger partial charge in [0.25, 0.3) is 0 Å². The topological polar surface area (TPSA) is 27.7 Å². The highest BCUT2D eigenvalue weighted by molar-refractivity contribution is 9.08. The van der Waals surface area contributed by atoms with Crippen LogP contribution < -0.4 is 9.47 Å². The van der Waals surface area contributed by atoms with Gasteiger partial charge in [0.1, 0.15) is 0 Å². The van der Waals surface area contributed by atoms with Gasteiger partial charge in [0.15, 0.2) is 11.5 Å². The van der Waals surface area contributed by atoms with E-state index in [1.54, 1.807) is 14.2 Å². The van der Waals surface area contributed by atoms with Gasteiger partial charge in [0.05, 0.1) is 13.7 Å². The highest BCUT2D eigenvalue weighted by atomic mass is 79.9. The molecule has 0 saturated carbocycles. The SMILES string of the molecule is COCCCCOc1cc(CBr)ccc1OC. The first-order chi connectivity index (χ1) is 8.31. The minimum absolute atomic E-state index is 0.686. The van der Waals surface area contributed by atoms with E-state index in [2.05, 4.69) is 15.9 Å². The van der Waals surface area contributed by atoms with Crippen molar-refractivity contribution in [2.24, 2.45) is 0 Å². The van der Waals surface area contributed by atoms with Crippen molar-refractivity contribution in [2.45, 2.75) is 18.2 Å². The second kappa shape index (κ2) is 8.37. The van der Waals surface area contributed by atoms with E-state index >= 15 is 0 Å². The molecular weight excluding hydrogens is 284 g/mol. The van der Waals surface area contributed by atoms with Gasteiger partial charge in [0.2, 0.25) is 0 Å². The maximum atomic E-state index is 5.72. The van der Waals surface area contributed by atoms with Crippen molar-refractivity contribution in [2.75, 3.05) is 27.4 Å². The third-order valence-electron chi connectivity index (χ3n) is 2.38. The fourth-order valence-corrected chi connectivity index (χ4v) is 1.80. The molecular formula is C13H19BrO3. The molecule has 3 nitrogen and oxygen atoms in total. The smallest absolute Gasteiger partial charge is 0.161 e. The van der Waals surface area contributed by atoms with Crippen molar-refractivity contribution in [1.82, 2.24) is 0 Å². The van der Waals surface area contributed by atoms with E-state index in [9.17, 15) is 0 Å². The zero-order valence-electron chi connectivity index (χ0n) is 10.4. The van der Waals surface area contributed by atoms with E-state index in [-0.39, 0.29) is 0 Å². The van der Waals surface area contributed by atoms with E-state index in [4.69, 9.17) is 14.2 Å². The molecule has 0 N–H and O–H groups in total. The van der Waals surface area contributed by atoms with E-state index in [1.165, 1.54) is 5.56 Å². The molecule has 0 amide bonds. The predicted octanol–water partition coefficient (Wildman–Crippen LogP) is 3.40. The quantitative estimate of drug-likeness (QED) is 0.544. The average molecular weight is 303 g/mol. The molecule has 1 aromatic carbocycles. The Bertz CT molecular complexity index is 328. The number of methoxy groups -OCH3 is 2. The summed E-state index contributed by atoms with van der Waals surface area (Å²) in [6.07, 6.45) is 1.99. The molecule has 0 heterocycles. The Morgan fingerprint density at radius 2 is 1.82 bits per heavy atom. The zero-order valence-corrected chi connectivity index (χ0v) is 12.0. The van der Waals surface area contributed by atoms with Crippen LogP contribution in [-0.2, 0) is 10.1 Å². The molecule has 0 unspecified atom stereocenters. The van der Waals surface area contributed by atoms with E-state index in [0.717, 1.165) is 36.3 Å². The highest BCUT2D eigenvalue weighted by Crippen LogP contribution is 2.28. The van der Waals surface area contributed by atoms with Gasteiger partial charge in [-0.3, -0.25) is 0 Å². The summed E-state index contributed by atoms with van der Waals surface area (Å²) in [5.74, 6) is 1.59. The zero-order chi connectivity index (χ0) is 12.5. The summed E-state index contributed by atoms with van der Waals surface area (Å²) in [6.45, 7) is 1.47. The number of benzene rings is 1. The molecule has 0 radical (unpaired) electrons. The van der Waals surface area contributed by atoms with Crippen LogP contribution in [0.15, 0.2) is 18.2 Å². The van der Waals surface area contributed by atoms with Gasteiger partial charge in [-0.15, -0.1) is 0 Å². The normalized spacial score (nSPS) is 10.3. The molecule has 17 heavy (non-hydrogen) atoms. The monoisotopic (exact) mass is 302 g/mol. The van der Waals surface area contributed by atoms with Gasteiger partial charge in [-0.1, -0.05) is 22.0 Å². The number of hydrogen-bond acceptors (Lipinski definition) is 3. The molecule has 1 aromatic rings. The van der Waals surface area contributed by atoms with Crippen LogP contribution >= 0.6 is 15.9 Å². The van der Waals surface area contributed by atoms with Crippen molar-refractivity contribution in [3.05, 3.63) is 23.8 Å². The summed E-state index contributed by atoms with van der Waals surface area (Å²) in [7, 11) is 3.37. The Balaban J connectivity index is 2.49. The molecule has 0 aliphatic rings. The van der Waals surface area contributed by atoms with Crippen LogP contribution in [0, 0.1) is 0 Å². The molecule has 0 aliphatic heterocycles.